The summed E-state index contributed by atoms with van der Waals surface area (Å²) in [5.41, 5.74) is 1.18. The van der Waals surface area contributed by atoms with Crippen molar-refractivity contribution in [3.63, 3.8) is 0 Å². The van der Waals surface area contributed by atoms with E-state index in [-0.39, 0.29) is 11.8 Å². The fraction of sp³-hybridized carbons (Fsp3) is 0.588. The predicted octanol–water partition coefficient (Wildman–Crippen LogP) is -0.0269. The topological polar surface area (TPSA) is 66.0 Å². The molecule has 1 aromatic rings. The summed E-state index contributed by atoms with van der Waals surface area (Å²) in [5.74, 6) is -0.0576. The molecule has 7 nitrogen and oxygen atoms in total. The van der Waals surface area contributed by atoms with Crippen LogP contribution in [0.1, 0.15) is 12.5 Å². The number of aromatic nitrogens is 1. The summed E-state index contributed by atoms with van der Waals surface area (Å²) in [6.45, 7) is 6.67. The highest BCUT2D eigenvalue weighted by molar-refractivity contribution is 5.87. The van der Waals surface area contributed by atoms with Gasteiger partial charge in [-0.25, -0.2) is 0 Å². The lowest BCUT2D eigenvalue weighted by molar-refractivity contribution is -0.154. The molecule has 2 aliphatic heterocycles. The number of piperazine rings is 1. The van der Waals surface area contributed by atoms with E-state index in [0.717, 1.165) is 19.6 Å². The standard InChI is InChI=1S/C17H24N4O3/c1-14(22)21-9-10-24-13-16(21)17(23)20-7-5-19(6-8-20)12-15-3-2-4-18-11-15/h2-4,11,16H,5-10,12-13H2,1H3. The first-order valence-electron chi connectivity index (χ1n) is 8.40. The average molecular weight is 332 g/mol. The number of carbonyl (C=O) groups is 2. The van der Waals surface area contributed by atoms with Crippen molar-refractivity contribution in [2.45, 2.75) is 19.5 Å². The second-order valence-electron chi connectivity index (χ2n) is 6.27. The Morgan fingerprint density at radius 3 is 2.71 bits per heavy atom. The van der Waals surface area contributed by atoms with E-state index in [2.05, 4.69) is 16.0 Å². The number of morpholine rings is 1. The molecule has 0 saturated carbocycles. The Balaban J connectivity index is 1.54. The molecule has 7 heteroatoms. The first kappa shape index (κ1) is 16.9. The van der Waals surface area contributed by atoms with Crippen LogP contribution in [0.5, 0.6) is 0 Å². The van der Waals surface area contributed by atoms with Crippen LogP contribution in [-0.2, 0) is 20.9 Å². The predicted molar refractivity (Wildman–Crippen MR) is 88.1 cm³/mol. The number of hydrogen-bond donors (Lipinski definition) is 0. The van der Waals surface area contributed by atoms with E-state index in [1.165, 1.54) is 12.5 Å². The van der Waals surface area contributed by atoms with Crippen molar-refractivity contribution in [2.24, 2.45) is 0 Å². The third-order valence-corrected chi connectivity index (χ3v) is 4.63. The Morgan fingerprint density at radius 2 is 2.04 bits per heavy atom. The van der Waals surface area contributed by atoms with Gasteiger partial charge in [-0.1, -0.05) is 6.07 Å². The molecule has 1 unspecified atom stereocenters. The Morgan fingerprint density at radius 1 is 1.25 bits per heavy atom. The maximum atomic E-state index is 12.8. The summed E-state index contributed by atoms with van der Waals surface area (Å²) in [5, 5.41) is 0. The monoisotopic (exact) mass is 332 g/mol. The van der Waals surface area contributed by atoms with Crippen molar-refractivity contribution < 1.29 is 14.3 Å². The zero-order chi connectivity index (χ0) is 16.9. The van der Waals surface area contributed by atoms with Crippen LogP contribution in [0.3, 0.4) is 0 Å². The molecule has 1 atom stereocenters. The van der Waals surface area contributed by atoms with Gasteiger partial charge in [0.15, 0.2) is 0 Å². The summed E-state index contributed by atoms with van der Waals surface area (Å²) in [6.07, 6.45) is 3.65. The second-order valence-corrected chi connectivity index (χ2v) is 6.27. The number of amides is 2. The largest absolute Gasteiger partial charge is 0.377 e. The number of rotatable bonds is 3. The number of nitrogens with zero attached hydrogens (tertiary/aromatic N) is 4. The molecular weight excluding hydrogens is 308 g/mol. The summed E-state index contributed by atoms with van der Waals surface area (Å²) < 4.78 is 5.42. The highest BCUT2D eigenvalue weighted by Gasteiger charge is 2.35. The van der Waals surface area contributed by atoms with Gasteiger partial charge in [-0.05, 0) is 11.6 Å². The van der Waals surface area contributed by atoms with E-state index in [9.17, 15) is 9.59 Å². The molecule has 24 heavy (non-hydrogen) atoms. The van der Waals surface area contributed by atoms with Gasteiger partial charge in [0.1, 0.15) is 6.04 Å². The Bertz CT molecular complexity index is 572. The first-order valence-corrected chi connectivity index (χ1v) is 8.40. The highest BCUT2D eigenvalue weighted by atomic mass is 16.5. The molecule has 2 saturated heterocycles. The SMILES string of the molecule is CC(=O)N1CCOCC1C(=O)N1CCN(Cc2cccnc2)CC1. The van der Waals surface area contributed by atoms with Gasteiger partial charge in [0, 0.05) is 58.6 Å². The Hall–Kier alpha value is -1.99. The third kappa shape index (κ3) is 3.91. The van der Waals surface area contributed by atoms with Gasteiger partial charge in [0.25, 0.3) is 0 Å². The van der Waals surface area contributed by atoms with Gasteiger partial charge >= 0.3 is 0 Å². The van der Waals surface area contributed by atoms with Crippen molar-refractivity contribution in [2.75, 3.05) is 45.9 Å². The molecule has 0 N–H and O–H groups in total. The molecule has 1 aromatic heterocycles. The van der Waals surface area contributed by atoms with Crippen LogP contribution < -0.4 is 0 Å². The highest BCUT2D eigenvalue weighted by Crippen LogP contribution is 2.14. The minimum absolute atomic E-state index is 0.00549. The smallest absolute Gasteiger partial charge is 0.247 e. The molecule has 3 heterocycles. The fourth-order valence-electron chi connectivity index (χ4n) is 3.27. The maximum Gasteiger partial charge on any atom is 0.247 e. The summed E-state index contributed by atoms with van der Waals surface area (Å²) in [7, 11) is 0. The van der Waals surface area contributed by atoms with Crippen molar-refractivity contribution in [3.05, 3.63) is 30.1 Å². The third-order valence-electron chi connectivity index (χ3n) is 4.63. The fourth-order valence-corrected chi connectivity index (χ4v) is 3.27. The van der Waals surface area contributed by atoms with Crippen LogP contribution in [0.2, 0.25) is 0 Å². The van der Waals surface area contributed by atoms with Crippen LogP contribution in [0.15, 0.2) is 24.5 Å². The lowest BCUT2D eigenvalue weighted by Gasteiger charge is -2.40. The lowest BCUT2D eigenvalue weighted by atomic mass is 10.1. The van der Waals surface area contributed by atoms with Crippen molar-refractivity contribution >= 4 is 11.8 Å². The minimum atomic E-state index is -0.471. The van der Waals surface area contributed by atoms with Gasteiger partial charge in [0.05, 0.1) is 13.2 Å². The average Bonchev–Trinajstić information content (AvgIpc) is 2.62. The van der Waals surface area contributed by atoms with E-state index in [1.807, 2.05) is 17.2 Å². The number of carbonyl (C=O) groups excluding carboxylic acids is 2. The minimum Gasteiger partial charge on any atom is -0.377 e. The molecule has 0 aliphatic carbocycles. The van der Waals surface area contributed by atoms with E-state index in [1.54, 1.807) is 11.1 Å². The molecule has 2 aliphatic rings. The van der Waals surface area contributed by atoms with Gasteiger partial charge in [-0.2, -0.15) is 0 Å². The van der Waals surface area contributed by atoms with Crippen LogP contribution in [0, 0.1) is 0 Å². The van der Waals surface area contributed by atoms with Crippen molar-refractivity contribution in [3.8, 4) is 0 Å². The number of pyridine rings is 1. The maximum absolute atomic E-state index is 12.8. The quantitative estimate of drug-likeness (QED) is 0.778. The van der Waals surface area contributed by atoms with Gasteiger partial charge in [-0.15, -0.1) is 0 Å². The number of hydrogen-bond acceptors (Lipinski definition) is 5. The summed E-state index contributed by atoms with van der Waals surface area (Å²) in [4.78, 5) is 34.4. The van der Waals surface area contributed by atoms with Crippen LogP contribution in [0.25, 0.3) is 0 Å². The number of ether oxygens (including phenoxy) is 1. The molecule has 0 radical (unpaired) electrons. The molecule has 0 bridgehead atoms. The second kappa shape index (κ2) is 7.72. The molecule has 0 spiro atoms. The lowest BCUT2D eigenvalue weighted by Crippen LogP contribution is -2.59. The van der Waals surface area contributed by atoms with Crippen molar-refractivity contribution in [1.29, 1.82) is 0 Å². The van der Waals surface area contributed by atoms with Crippen LogP contribution in [0.4, 0.5) is 0 Å². The molecule has 2 fully saturated rings. The van der Waals surface area contributed by atoms with Crippen LogP contribution in [-0.4, -0.2) is 83.5 Å². The summed E-state index contributed by atoms with van der Waals surface area (Å²) >= 11 is 0. The molecule has 3 rings (SSSR count). The molecule has 130 valence electrons. The molecule has 0 aromatic carbocycles. The summed E-state index contributed by atoms with van der Waals surface area (Å²) in [6, 6.07) is 3.53. The van der Waals surface area contributed by atoms with E-state index in [0.29, 0.717) is 32.8 Å². The molecule has 2 amide bonds. The normalized spacial score (nSPS) is 22.5. The Kier molecular flexibility index (Phi) is 5.42. The van der Waals surface area contributed by atoms with Gasteiger partial charge in [-0.3, -0.25) is 19.5 Å². The Labute approximate surface area is 142 Å². The van der Waals surface area contributed by atoms with E-state index in [4.69, 9.17) is 4.74 Å². The zero-order valence-corrected chi connectivity index (χ0v) is 14.1. The zero-order valence-electron chi connectivity index (χ0n) is 14.1. The van der Waals surface area contributed by atoms with E-state index >= 15 is 0 Å². The van der Waals surface area contributed by atoms with Crippen LogP contribution >= 0.6 is 0 Å². The molecular formula is C17H24N4O3. The van der Waals surface area contributed by atoms with Gasteiger partial charge < -0.3 is 14.5 Å². The first-order chi connectivity index (χ1) is 11.6. The van der Waals surface area contributed by atoms with Crippen molar-refractivity contribution in [1.82, 2.24) is 19.7 Å². The van der Waals surface area contributed by atoms with Gasteiger partial charge in [0.2, 0.25) is 11.8 Å². The van der Waals surface area contributed by atoms with E-state index < -0.39 is 6.04 Å².